The van der Waals surface area contributed by atoms with Gasteiger partial charge in [0, 0.05) is 18.4 Å². The summed E-state index contributed by atoms with van der Waals surface area (Å²) in [6.07, 6.45) is 2.38. The molecule has 180 valence electrons. The molecule has 34 heavy (non-hydrogen) atoms. The first-order valence-electron chi connectivity index (χ1n) is 11.6. The first-order valence-corrected chi connectivity index (χ1v) is 11.6. The Kier molecular flexibility index (Phi) is 7.34. The van der Waals surface area contributed by atoms with Crippen LogP contribution >= 0.6 is 0 Å². The molecule has 0 bridgehead atoms. The van der Waals surface area contributed by atoms with Crippen molar-refractivity contribution in [3.05, 3.63) is 71.1 Å². The van der Waals surface area contributed by atoms with Crippen molar-refractivity contribution in [2.45, 2.75) is 45.8 Å². The number of aromatic nitrogens is 1. The zero-order chi connectivity index (χ0) is 24.1. The third kappa shape index (κ3) is 5.85. The maximum Gasteiger partial charge on any atom is 0.364 e. The lowest BCUT2D eigenvalue weighted by Crippen LogP contribution is -2.48. The van der Waals surface area contributed by atoms with E-state index in [9.17, 15) is 4.79 Å². The second-order valence-electron chi connectivity index (χ2n) is 8.93. The van der Waals surface area contributed by atoms with Crippen molar-refractivity contribution in [3.8, 4) is 17.2 Å². The van der Waals surface area contributed by atoms with Crippen molar-refractivity contribution in [2.24, 2.45) is 5.92 Å². The number of benzene rings is 2. The molecule has 1 aliphatic heterocycles. The van der Waals surface area contributed by atoms with Crippen molar-refractivity contribution in [2.75, 3.05) is 19.8 Å². The minimum Gasteiger partial charge on any atom is -0.494 e. The first kappa shape index (κ1) is 24.0. The van der Waals surface area contributed by atoms with Crippen LogP contribution in [0.4, 0.5) is 0 Å². The van der Waals surface area contributed by atoms with Gasteiger partial charge in [-0.2, -0.15) is 0 Å². The molecule has 1 saturated heterocycles. The second-order valence-corrected chi connectivity index (χ2v) is 8.93. The van der Waals surface area contributed by atoms with Crippen LogP contribution in [0.1, 0.15) is 35.9 Å². The fourth-order valence-corrected chi connectivity index (χ4v) is 3.85. The number of ether oxygens (including phenoxy) is 3. The van der Waals surface area contributed by atoms with Gasteiger partial charge in [-0.1, -0.05) is 29.8 Å². The highest BCUT2D eigenvalue weighted by molar-refractivity contribution is 5.75. The van der Waals surface area contributed by atoms with Crippen molar-refractivity contribution in [1.29, 1.82) is 0 Å². The van der Waals surface area contributed by atoms with E-state index in [1.165, 1.54) is 12.5 Å². The lowest BCUT2D eigenvalue weighted by Gasteiger charge is -2.34. The Morgan fingerprint density at radius 3 is 2.41 bits per heavy atom. The Morgan fingerprint density at radius 2 is 1.76 bits per heavy atom. The topological polar surface area (TPSA) is 91.0 Å². The number of nitrogens with zero attached hydrogens (tertiary/aromatic N) is 1. The van der Waals surface area contributed by atoms with E-state index >= 15 is 0 Å². The van der Waals surface area contributed by atoms with Crippen LogP contribution < -0.4 is 4.74 Å². The van der Waals surface area contributed by atoms with Crippen LogP contribution in [0.5, 0.6) is 5.75 Å². The van der Waals surface area contributed by atoms with Crippen molar-refractivity contribution < 1.29 is 28.5 Å². The van der Waals surface area contributed by atoms with Crippen LogP contribution in [0, 0.1) is 19.8 Å². The molecule has 1 N–H and O–H groups in total. The predicted octanol–water partition coefficient (Wildman–Crippen LogP) is 4.98. The van der Waals surface area contributed by atoms with E-state index in [2.05, 4.69) is 24.0 Å². The zero-order valence-corrected chi connectivity index (χ0v) is 19.9. The molecule has 7 heteroatoms. The Hall–Kier alpha value is -3.16. The summed E-state index contributed by atoms with van der Waals surface area (Å²) in [6.45, 7) is 6.74. The standard InChI is InChI=1S/C27H31NO6/c1-18-6-10-22(11-7-18)25-28-24(19(2)34-25)5-4-14-31-23-12-8-20(9-13-23)15-21-16-32-27(3,26(29)30)33-17-21/h6-13,21H,4-5,14-17H2,1-3H3,(H,29,30). The summed E-state index contributed by atoms with van der Waals surface area (Å²) in [4.78, 5) is 15.8. The maximum atomic E-state index is 11.2. The summed E-state index contributed by atoms with van der Waals surface area (Å²) in [7, 11) is 0. The number of hydrogen-bond acceptors (Lipinski definition) is 6. The number of aliphatic carboxylic acids is 1. The molecule has 7 nitrogen and oxygen atoms in total. The molecule has 1 aromatic heterocycles. The van der Waals surface area contributed by atoms with Gasteiger partial charge < -0.3 is 23.7 Å². The largest absolute Gasteiger partial charge is 0.494 e. The minimum absolute atomic E-state index is 0.120. The highest BCUT2D eigenvalue weighted by atomic mass is 16.7. The van der Waals surface area contributed by atoms with Gasteiger partial charge in [0.2, 0.25) is 5.89 Å². The number of carboxylic acids is 1. The van der Waals surface area contributed by atoms with Gasteiger partial charge >= 0.3 is 5.97 Å². The normalized spacial score (nSPS) is 20.3. The Morgan fingerprint density at radius 1 is 1.09 bits per heavy atom. The zero-order valence-electron chi connectivity index (χ0n) is 19.9. The van der Waals surface area contributed by atoms with Gasteiger partial charge in [-0.05, 0) is 62.9 Å². The molecular weight excluding hydrogens is 434 g/mol. The molecule has 3 aromatic rings. The average molecular weight is 466 g/mol. The molecule has 0 atom stereocenters. The molecule has 4 rings (SSSR count). The number of hydrogen-bond donors (Lipinski definition) is 1. The smallest absolute Gasteiger partial charge is 0.364 e. The van der Waals surface area contributed by atoms with E-state index in [-0.39, 0.29) is 5.92 Å². The number of carbonyl (C=O) groups is 1. The monoisotopic (exact) mass is 465 g/mol. The van der Waals surface area contributed by atoms with Crippen LogP contribution in [0.3, 0.4) is 0 Å². The Labute approximate surface area is 199 Å². The van der Waals surface area contributed by atoms with Gasteiger partial charge in [0.25, 0.3) is 5.79 Å². The second kappa shape index (κ2) is 10.4. The molecule has 0 unspecified atom stereocenters. The molecule has 1 aliphatic rings. The molecule has 2 aromatic carbocycles. The van der Waals surface area contributed by atoms with Crippen LogP contribution in [0.2, 0.25) is 0 Å². The third-order valence-corrected chi connectivity index (χ3v) is 6.04. The van der Waals surface area contributed by atoms with Crippen LogP contribution in [-0.4, -0.2) is 41.7 Å². The Balaban J connectivity index is 1.21. The van der Waals surface area contributed by atoms with Gasteiger partial charge in [0.15, 0.2) is 0 Å². The molecule has 1 fully saturated rings. The summed E-state index contributed by atoms with van der Waals surface area (Å²) >= 11 is 0. The van der Waals surface area contributed by atoms with Crippen molar-refractivity contribution in [3.63, 3.8) is 0 Å². The van der Waals surface area contributed by atoms with E-state index in [1.54, 1.807) is 0 Å². The molecule has 2 heterocycles. The van der Waals surface area contributed by atoms with Gasteiger partial charge in [-0.15, -0.1) is 0 Å². The molecule has 0 aliphatic carbocycles. The average Bonchev–Trinajstić information content (AvgIpc) is 3.20. The molecule has 0 radical (unpaired) electrons. The van der Waals surface area contributed by atoms with Crippen LogP contribution in [-0.2, 0) is 27.1 Å². The SMILES string of the molecule is Cc1ccc(-c2nc(CCCOc3ccc(CC4COC(C)(C(=O)O)OC4)cc3)c(C)o2)cc1. The number of carboxylic acid groups (broad SMARTS) is 1. The van der Waals surface area contributed by atoms with Gasteiger partial charge in [0.1, 0.15) is 11.5 Å². The molecule has 0 saturated carbocycles. The summed E-state index contributed by atoms with van der Waals surface area (Å²) in [5.74, 6) is -0.200. The number of aryl methyl sites for hydroxylation is 3. The molecule has 0 amide bonds. The van der Waals surface area contributed by atoms with E-state index in [0.717, 1.165) is 47.6 Å². The van der Waals surface area contributed by atoms with Crippen LogP contribution in [0.15, 0.2) is 52.9 Å². The van der Waals surface area contributed by atoms with Crippen molar-refractivity contribution in [1.82, 2.24) is 4.98 Å². The fraction of sp³-hybridized carbons (Fsp3) is 0.407. The maximum absolute atomic E-state index is 11.2. The summed E-state index contributed by atoms with van der Waals surface area (Å²) in [5.41, 5.74) is 4.28. The lowest BCUT2D eigenvalue weighted by molar-refractivity contribution is -0.270. The Bertz CT molecular complexity index is 1100. The highest BCUT2D eigenvalue weighted by Gasteiger charge is 2.40. The van der Waals surface area contributed by atoms with E-state index in [4.69, 9.17) is 23.7 Å². The van der Waals surface area contributed by atoms with Gasteiger partial charge in [0.05, 0.1) is 25.5 Å². The summed E-state index contributed by atoms with van der Waals surface area (Å²) < 4.78 is 22.6. The predicted molar refractivity (Wildman–Crippen MR) is 127 cm³/mol. The lowest BCUT2D eigenvalue weighted by atomic mass is 9.99. The fourth-order valence-electron chi connectivity index (χ4n) is 3.85. The minimum atomic E-state index is -1.54. The van der Waals surface area contributed by atoms with E-state index < -0.39 is 11.8 Å². The van der Waals surface area contributed by atoms with Crippen LogP contribution in [0.25, 0.3) is 11.5 Å². The third-order valence-electron chi connectivity index (χ3n) is 6.04. The highest BCUT2D eigenvalue weighted by Crippen LogP contribution is 2.25. The van der Waals surface area contributed by atoms with Gasteiger partial charge in [-0.3, -0.25) is 0 Å². The van der Waals surface area contributed by atoms with Gasteiger partial charge in [-0.25, -0.2) is 9.78 Å². The summed E-state index contributed by atoms with van der Waals surface area (Å²) in [5, 5.41) is 9.16. The number of oxazole rings is 1. The molecule has 0 spiro atoms. The molecular formula is C27H31NO6. The summed E-state index contributed by atoms with van der Waals surface area (Å²) in [6, 6.07) is 16.1. The van der Waals surface area contributed by atoms with E-state index in [0.29, 0.717) is 25.7 Å². The van der Waals surface area contributed by atoms with Crippen molar-refractivity contribution >= 4 is 5.97 Å². The first-order chi connectivity index (χ1) is 16.3. The quantitative estimate of drug-likeness (QED) is 0.446. The number of rotatable bonds is 9. The van der Waals surface area contributed by atoms with E-state index in [1.807, 2.05) is 43.3 Å².